The van der Waals surface area contributed by atoms with Gasteiger partial charge in [0.2, 0.25) is 0 Å². The van der Waals surface area contributed by atoms with Gasteiger partial charge < -0.3 is 25.3 Å². The highest BCUT2D eigenvalue weighted by atomic mass is 16.5. The molecule has 0 unspecified atom stereocenters. The summed E-state index contributed by atoms with van der Waals surface area (Å²) in [5.41, 5.74) is 5.16. The van der Waals surface area contributed by atoms with Crippen molar-refractivity contribution in [3.8, 4) is 0 Å². The number of nitrogens with one attached hydrogen (secondary N) is 3. The highest BCUT2D eigenvalue weighted by molar-refractivity contribution is 6.38. The molecule has 0 radical (unpaired) electrons. The second-order valence-electron chi connectivity index (χ2n) is 8.52. The number of likely N-dealkylation sites (tertiary alicyclic amines) is 1. The minimum absolute atomic E-state index is 0.108. The zero-order chi connectivity index (χ0) is 22.6. The number of carbonyl (C=O) groups is 1. The molecule has 0 atom stereocenters. The van der Waals surface area contributed by atoms with Gasteiger partial charge >= 0.3 is 0 Å². The van der Waals surface area contributed by atoms with Crippen LogP contribution in [0.1, 0.15) is 29.8 Å². The fourth-order valence-electron chi connectivity index (χ4n) is 4.67. The van der Waals surface area contributed by atoms with E-state index < -0.39 is 0 Å². The van der Waals surface area contributed by atoms with Crippen LogP contribution in [0.2, 0.25) is 0 Å². The first-order valence-electron chi connectivity index (χ1n) is 11.5. The smallest absolute Gasteiger partial charge is 0.257 e. The summed E-state index contributed by atoms with van der Waals surface area (Å²) in [5.74, 6) is 0.574. The topological polar surface area (TPSA) is 82.3 Å². The van der Waals surface area contributed by atoms with Gasteiger partial charge in [-0.25, -0.2) is 4.98 Å². The molecular weight excluding hydrogens is 414 g/mol. The van der Waals surface area contributed by atoms with Crippen LogP contribution in [-0.2, 0) is 9.53 Å². The number of hydrogen-bond acceptors (Lipinski definition) is 5. The van der Waals surface area contributed by atoms with Crippen molar-refractivity contribution in [1.29, 1.82) is 0 Å². The molecule has 7 nitrogen and oxygen atoms in total. The van der Waals surface area contributed by atoms with E-state index in [1.54, 1.807) is 19.5 Å². The van der Waals surface area contributed by atoms with Crippen molar-refractivity contribution in [1.82, 2.24) is 14.9 Å². The fourth-order valence-corrected chi connectivity index (χ4v) is 4.67. The summed E-state index contributed by atoms with van der Waals surface area (Å²) in [6.07, 6.45) is 5.66. The zero-order valence-corrected chi connectivity index (χ0v) is 18.8. The van der Waals surface area contributed by atoms with Crippen LogP contribution in [0.4, 0.5) is 11.4 Å². The molecular formula is C26H29N5O2. The molecule has 1 amide bonds. The standard InChI is InChI=1S/C26H29N5O2/c1-33-16-15-31-13-9-19(10-14-31)29-20-7-8-22-21(17-20)24(26(32)30-22)23(25-27-11-12-28-25)18-5-3-2-4-6-18/h2-8,11-12,17,19,29H,9-10,13-16H2,1H3,(H,27,28)(H,30,32)/b24-23-. The van der Waals surface area contributed by atoms with Crippen LogP contribution in [0.25, 0.3) is 11.1 Å². The molecule has 1 fully saturated rings. The fraction of sp³-hybridized carbons (Fsp3) is 0.308. The predicted molar refractivity (Wildman–Crippen MR) is 131 cm³/mol. The maximum atomic E-state index is 13.1. The Hall–Kier alpha value is -3.42. The summed E-state index contributed by atoms with van der Waals surface area (Å²) in [5, 5.41) is 6.72. The summed E-state index contributed by atoms with van der Waals surface area (Å²) in [4.78, 5) is 23.2. The summed E-state index contributed by atoms with van der Waals surface area (Å²) in [6.45, 7) is 3.89. The summed E-state index contributed by atoms with van der Waals surface area (Å²) < 4.78 is 5.20. The largest absolute Gasteiger partial charge is 0.383 e. The van der Waals surface area contributed by atoms with Gasteiger partial charge in [0.05, 0.1) is 12.2 Å². The summed E-state index contributed by atoms with van der Waals surface area (Å²) in [7, 11) is 1.75. The number of piperidine rings is 1. The van der Waals surface area contributed by atoms with Crippen molar-refractivity contribution >= 4 is 28.4 Å². The van der Waals surface area contributed by atoms with Crippen molar-refractivity contribution in [3.05, 3.63) is 77.9 Å². The Morgan fingerprint density at radius 1 is 1.18 bits per heavy atom. The number of ether oxygens (including phenoxy) is 1. The molecule has 3 heterocycles. The molecule has 0 spiro atoms. The van der Waals surface area contributed by atoms with Crippen LogP contribution < -0.4 is 10.6 Å². The molecule has 1 saturated heterocycles. The predicted octanol–water partition coefficient (Wildman–Crippen LogP) is 3.84. The Morgan fingerprint density at radius 3 is 2.73 bits per heavy atom. The van der Waals surface area contributed by atoms with E-state index in [9.17, 15) is 4.79 Å². The average Bonchev–Trinajstić information content (AvgIpc) is 3.48. The van der Waals surface area contributed by atoms with E-state index in [0.29, 0.717) is 17.4 Å². The maximum Gasteiger partial charge on any atom is 0.257 e. The Labute approximate surface area is 193 Å². The molecule has 7 heteroatoms. The number of imidazole rings is 1. The second kappa shape index (κ2) is 9.60. The maximum absolute atomic E-state index is 13.1. The van der Waals surface area contributed by atoms with Gasteiger partial charge in [0, 0.05) is 67.7 Å². The summed E-state index contributed by atoms with van der Waals surface area (Å²) >= 11 is 0. The number of hydrogen-bond donors (Lipinski definition) is 3. The highest BCUT2D eigenvalue weighted by Crippen LogP contribution is 2.40. The van der Waals surface area contributed by atoms with Crippen LogP contribution >= 0.6 is 0 Å². The Kier molecular flexibility index (Phi) is 6.24. The lowest BCUT2D eigenvalue weighted by molar-refractivity contribution is -0.110. The lowest BCUT2D eigenvalue weighted by atomic mass is 9.94. The van der Waals surface area contributed by atoms with Crippen LogP contribution in [0.3, 0.4) is 0 Å². The van der Waals surface area contributed by atoms with Crippen LogP contribution in [0, 0.1) is 0 Å². The van der Waals surface area contributed by atoms with Gasteiger partial charge in [-0.1, -0.05) is 30.3 Å². The molecule has 33 heavy (non-hydrogen) atoms. The molecule has 2 aromatic carbocycles. The number of aromatic nitrogens is 2. The van der Waals surface area contributed by atoms with Crippen LogP contribution in [0.5, 0.6) is 0 Å². The number of methoxy groups -OCH3 is 1. The number of rotatable bonds is 7. The first-order chi connectivity index (χ1) is 16.2. The van der Waals surface area contributed by atoms with E-state index in [0.717, 1.165) is 67.2 Å². The number of nitrogens with zero attached hydrogens (tertiary/aromatic N) is 2. The van der Waals surface area contributed by atoms with Crippen molar-refractivity contribution < 1.29 is 9.53 Å². The van der Waals surface area contributed by atoms with Crippen molar-refractivity contribution in [2.75, 3.05) is 44.0 Å². The molecule has 1 aromatic heterocycles. The Bertz CT molecular complexity index is 1130. The molecule has 2 aliphatic rings. The number of carbonyl (C=O) groups excluding carboxylic acids is 1. The van der Waals surface area contributed by atoms with E-state index in [4.69, 9.17) is 4.74 Å². The number of aromatic amines is 1. The van der Waals surface area contributed by atoms with Gasteiger partial charge in [-0.05, 0) is 36.6 Å². The third kappa shape index (κ3) is 4.55. The molecule has 0 bridgehead atoms. The minimum atomic E-state index is -0.108. The van der Waals surface area contributed by atoms with Gasteiger partial charge in [-0.2, -0.15) is 0 Å². The molecule has 3 aromatic rings. The van der Waals surface area contributed by atoms with Crippen molar-refractivity contribution in [2.45, 2.75) is 18.9 Å². The zero-order valence-electron chi connectivity index (χ0n) is 18.8. The third-order valence-corrected chi connectivity index (χ3v) is 6.38. The molecule has 0 saturated carbocycles. The molecule has 5 rings (SSSR count). The number of benzene rings is 2. The van der Waals surface area contributed by atoms with Gasteiger partial charge in [0.1, 0.15) is 5.82 Å². The van der Waals surface area contributed by atoms with Crippen molar-refractivity contribution in [3.63, 3.8) is 0 Å². The number of H-pyrrole nitrogens is 1. The lowest BCUT2D eigenvalue weighted by Crippen LogP contribution is -2.40. The lowest BCUT2D eigenvalue weighted by Gasteiger charge is -2.32. The normalized spacial score (nSPS) is 18.2. The quantitative estimate of drug-likeness (QED) is 0.484. The van der Waals surface area contributed by atoms with E-state index in [1.165, 1.54) is 0 Å². The first kappa shape index (κ1) is 21.4. The van der Waals surface area contributed by atoms with Crippen LogP contribution in [0.15, 0.2) is 60.9 Å². The van der Waals surface area contributed by atoms with E-state index in [-0.39, 0.29) is 5.91 Å². The van der Waals surface area contributed by atoms with Gasteiger partial charge in [-0.3, -0.25) is 4.79 Å². The van der Waals surface area contributed by atoms with Crippen LogP contribution in [-0.4, -0.2) is 60.2 Å². The molecule has 0 aliphatic carbocycles. The molecule has 2 aliphatic heterocycles. The first-order valence-corrected chi connectivity index (χ1v) is 11.5. The number of anilines is 2. The molecule has 3 N–H and O–H groups in total. The van der Waals surface area contributed by atoms with Gasteiger partial charge in [0.25, 0.3) is 5.91 Å². The third-order valence-electron chi connectivity index (χ3n) is 6.38. The monoisotopic (exact) mass is 443 g/mol. The number of fused-ring (bicyclic) bond motifs is 1. The van der Waals surface area contributed by atoms with E-state index in [2.05, 4.69) is 37.6 Å². The second-order valence-corrected chi connectivity index (χ2v) is 8.52. The summed E-state index contributed by atoms with van der Waals surface area (Å²) in [6, 6.07) is 16.5. The van der Waals surface area contributed by atoms with Gasteiger partial charge in [0.15, 0.2) is 0 Å². The van der Waals surface area contributed by atoms with E-state index in [1.807, 2.05) is 36.4 Å². The number of amides is 1. The van der Waals surface area contributed by atoms with E-state index >= 15 is 0 Å². The minimum Gasteiger partial charge on any atom is -0.383 e. The Morgan fingerprint density at radius 2 is 2.00 bits per heavy atom. The Balaban J connectivity index is 1.44. The van der Waals surface area contributed by atoms with Crippen molar-refractivity contribution in [2.24, 2.45) is 0 Å². The SMILES string of the molecule is COCCN1CCC(Nc2ccc3c(c2)/C(=C(\c2ccccc2)c2ncc[nH]2)C(=O)N3)CC1. The molecule has 170 valence electrons. The average molecular weight is 444 g/mol. The highest BCUT2D eigenvalue weighted by Gasteiger charge is 2.30. The van der Waals surface area contributed by atoms with Gasteiger partial charge in [-0.15, -0.1) is 0 Å².